The predicted molar refractivity (Wildman–Crippen MR) is 386 cm³/mol. The molecule has 19 aromatic rings. The van der Waals surface area contributed by atoms with Crippen molar-refractivity contribution in [2.75, 3.05) is 0 Å². The zero-order valence-corrected chi connectivity index (χ0v) is 50.8. The lowest BCUT2D eigenvalue weighted by atomic mass is 10.00. The highest BCUT2D eigenvalue weighted by Crippen LogP contribution is 2.45. The van der Waals surface area contributed by atoms with Crippen molar-refractivity contribution in [1.82, 2.24) is 43.2 Å². The van der Waals surface area contributed by atoms with Gasteiger partial charge in [0.2, 0.25) is 5.95 Å². The van der Waals surface area contributed by atoms with Crippen molar-refractivity contribution in [2.45, 2.75) is 0 Å². The number of aromatic nitrogens is 9. The standard InChI is InChI=1S/C44H28N6.C41H27N3/c1-4-15-29(16-5-1)42-46-43(30-17-6-2-7-18-30)48-44(47-42)50-36-25-13-10-21-32(36)39-34(23-14-26-37(39)50)41-40-33-22-11-12-24-35(33)49(38(40)27-28-45-41)31-19-8-3-9-20-31;1-3-12-28(13-4-1)29-22-24-31(25-23-29)44-35-19-9-7-16-32(35)39-34(18-11-21-37(39)44)41-40-33-17-8-10-20-36(33)43(38(40)26-27-42-41)30-14-5-2-6-15-30/h1-28H;1-27H. The lowest BCUT2D eigenvalue weighted by Crippen LogP contribution is -2.06. The molecule has 12 aromatic carbocycles. The third-order valence-electron chi connectivity index (χ3n) is 18.2. The molecular weight excluding hydrogens is 1150 g/mol. The van der Waals surface area contributed by atoms with Crippen LogP contribution in [0.25, 0.3) is 167 Å². The van der Waals surface area contributed by atoms with Crippen LogP contribution in [0.5, 0.6) is 0 Å². The number of rotatable bonds is 9. The van der Waals surface area contributed by atoms with E-state index in [1.54, 1.807) is 0 Å². The van der Waals surface area contributed by atoms with Crippen molar-refractivity contribution in [1.29, 1.82) is 0 Å². The van der Waals surface area contributed by atoms with E-state index in [1.807, 2.05) is 73.1 Å². The molecule has 9 nitrogen and oxygen atoms in total. The van der Waals surface area contributed by atoms with Crippen LogP contribution in [0.15, 0.2) is 334 Å². The molecule has 7 aromatic heterocycles. The molecule has 19 rings (SSSR count). The quantitative estimate of drug-likeness (QED) is 0.144. The zero-order chi connectivity index (χ0) is 62.1. The van der Waals surface area contributed by atoms with Gasteiger partial charge in [0.25, 0.3) is 0 Å². The number of benzene rings is 12. The van der Waals surface area contributed by atoms with Gasteiger partial charge in [0.05, 0.1) is 55.5 Å². The number of pyridine rings is 2. The molecular formula is C85H55N9. The summed E-state index contributed by atoms with van der Waals surface area (Å²) in [5, 5.41) is 9.29. The second-order valence-electron chi connectivity index (χ2n) is 23.5. The maximum absolute atomic E-state index is 5.12. The molecule has 9 heteroatoms. The maximum atomic E-state index is 5.12. The van der Waals surface area contributed by atoms with Crippen molar-refractivity contribution >= 4 is 87.2 Å². The third-order valence-corrected chi connectivity index (χ3v) is 18.2. The van der Waals surface area contributed by atoms with E-state index in [9.17, 15) is 0 Å². The average Bonchev–Trinajstić information content (AvgIpc) is 1.57. The minimum absolute atomic E-state index is 0.563. The summed E-state index contributed by atoms with van der Waals surface area (Å²) in [6.07, 6.45) is 3.88. The SMILES string of the molecule is c1ccc(-c2ccc(-n3c4ccccc4c4c(-c5nccc6c5c5ccccc5n6-c5ccccc5)cccc43)cc2)cc1.c1ccc(-c2nc(-c3ccccc3)nc(-n3c4ccccc4c4c(-c5nccc6c5c5ccccc5n6-c5ccccc5)cccc43)n2)cc1. The maximum Gasteiger partial charge on any atom is 0.238 e. The molecule has 0 atom stereocenters. The number of para-hydroxylation sites is 6. The monoisotopic (exact) mass is 1200 g/mol. The van der Waals surface area contributed by atoms with E-state index >= 15 is 0 Å². The fourth-order valence-electron chi connectivity index (χ4n) is 14.2. The second kappa shape index (κ2) is 22.6. The summed E-state index contributed by atoms with van der Waals surface area (Å²) in [6, 6.07) is 113. The number of hydrogen-bond donors (Lipinski definition) is 0. The Morgan fingerprint density at radius 2 is 0.511 bits per heavy atom. The Morgan fingerprint density at radius 1 is 0.202 bits per heavy atom. The summed E-state index contributed by atoms with van der Waals surface area (Å²) in [4.78, 5) is 25.4. The van der Waals surface area contributed by atoms with Crippen LogP contribution in [0.4, 0.5) is 0 Å². The first-order chi connectivity index (χ1) is 46.7. The van der Waals surface area contributed by atoms with Gasteiger partial charge in [-0.05, 0) is 96.1 Å². The highest BCUT2D eigenvalue weighted by atomic mass is 15.2. The van der Waals surface area contributed by atoms with Crippen LogP contribution in [-0.4, -0.2) is 43.2 Å². The Balaban J connectivity index is 0.000000139. The molecule has 0 aliphatic heterocycles. The molecule has 0 amide bonds. The van der Waals surface area contributed by atoms with Crippen molar-refractivity contribution < 1.29 is 0 Å². The summed E-state index contributed by atoms with van der Waals surface area (Å²) in [5.74, 6) is 1.81. The summed E-state index contributed by atoms with van der Waals surface area (Å²) < 4.78 is 9.24. The minimum atomic E-state index is 0.563. The first-order valence-electron chi connectivity index (χ1n) is 31.7. The molecule has 0 aliphatic rings. The number of fused-ring (bicyclic) bond motifs is 12. The topological polar surface area (TPSA) is 84.2 Å². The van der Waals surface area contributed by atoms with Crippen LogP contribution in [0.1, 0.15) is 0 Å². The van der Waals surface area contributed by atoms with Gasteiger partial charge in [-0.25, -0.2) is 4.98 Å². The lowest BCUT2D eigenvalue weighted by Gasteiger charge is -2.11. The summed E-state index contributed by atoms with van der Waals surface area (Å²) in [5.41, 5.74) is 20.8. The van der Waals surface area contributed by atoms with Crippen LogP contribution in [-0.2, 0) is 0 Å². The van der Waals surface area contributed by atoms with Crippen molar-refractivity contribution in [3.63, 3.8) is 0 Å². The molecule has 7 heterocycles. The molecule has 440 valence electrons. The molecule has 0 radical (unpaired) electrons. The molecule has 0 bridgehead atoms. The van der Waals surface area contributed by atoms with Crippen molar-refractivity contribution in [2.24, 2.45) is 0 Å². The van der Waals surface area contributed by atoms with Gasteiger partial charge in [0.15, 0.2) is 11.6 Å². The molecule has 0 N–H and O–H groups in total. The van der Waals surface area contributed by atoms with Crippen LogP contribution in [0, 0.1) is 0 Å². The summed E-state index contributed by atoms with van der Waals surface area (Å²) in [6.45, 7) is 0. The first-order valence-corrected chi connectivity index (χ1v) is 31.7. The van der Waals surface area contributed by atoms with E-state index in [4.69, 9.17) is 24.9 Å². The number of hydrogen-bond acceptors (Lipinski definition) is 5. The average molecular weight is 1200 g/mol. The van der Waals surface area contributed by atoms with E-state index in [1.165, 1.54) is 49.2 Å². The van der Waals surface area contributed by atoms with Crippen molar-refractivity contribution in [3.05, 3.63) is 334 Å². The largest absolute Gasteiger partial charge is 0.309 e. The van der Waals surface area contributed by atoms with E-state index in [2.05, 4.69) is 279 Å². The predicted octanol–water partition coefficient (Wildman–Crippen LogP) is 21.1. The molecule has 0 aliphatic carbocycles. The van der Waals surface area contributed by atoms with Crippen molar-refractivity contribution in [3.8, 4) is 79.4 Å². The van der Waals surface area contributed by atoms with Crippen LogP contribution in [0.3, 0.4) is 0 Å². The van der Waals surface area contributed by atoms with Gasteiger partial charge in [-0.2, -0.15) is 9.97 Å². The normalized spacial score (nSPS) is 11.6. The highest BCUT2D eigenvalue weighted by Gasteiger charge is 2.25. The Hall–Kier alpha value is -12.9. The fourth-order valence-corrected chi connectivity index (χ4v) is 14.2. The lowest BCUT2D eigenvalue weighted by molar-refractivity contribution is 0.953. The molecule has 0 unspecified atom stereocenters. The van der Waals surface area contributed by atoms with E-state index in [0.29, 0.717) is 17.6 Å². The Kier molecular flexibility index (Phi) is 13.0. The molecule has 0 spiro atoms. The molecule has 0 fully saturated rings. The summed E-state index contributed by atoms with van der Waals surface area (Å²) >= 11 is 0. The van der Waals surface area contributed by atoms with Gasteiger partial charge in [0, 0.05) is 94.8 Å². The second-order valence-corrected chi connectivity index (χ2v) is 23.5. The van der Waals surface area contributed by atoms with Gasteiger partial charge in [-0.15, -0.1) is 0 Å². The first kappa shape index (κ1) is 54.1. The van der Waals surface area contributed by atoms with E-state index in [0.717, 1.165) is 99.8 Å². The number of nitrogens with zero attached hydrogens (tertiary/aromatic N) is 9. The van der Waals surface area contributed by atoms with Gasteiger partial charge >= 0.3 is 0 Å². The van der Waals surface area contributed by atoms with Gasteiger partial charge in [-0.3, -0.25) is 14.5 Å². The van der Waals surface area contributed by atoms with Crippen LogP contribution >= 0.6 is 0 Å². The van der Waals surface area contributed by atoms with E-state index < -0.39 is 0 Å². The van der Waals surface area contributed by atoms with Gasteiger partial charge < -0.3 is 13.7 Å². The Morgan fingerprint density at radius 3 is 0.936 bits per heavy atom. The van der Waals surface area contributed by atoms with Crippen LogP contribution < -0.4 is 0 Å². The summed E-state index contributed by atoms with van der Waals surface area (Å²) in [7, 11) is 0. The zero-order valence-electron chi connectivity index (χ0n) is 50.8. The molecule has 0 saturated carbocycles. The molecule has 0 saturated heterocycles. The fraction of sp³-hybridized carbons (Fsp3) is 0. The highest BCUT2D eigenvalue weighted by molar-refractivity contribution is 6.23. The van der Waals surface area contributed by atoms with Crippen LogP contribution in [0.2, 0.25) is 0 Å². The minimum Gasteiger partial charge on any atom is -0.309 e. The Bertz CT molecular complexity index is 6020. The molecule has 94 heavy (non-hydrogen) atoms. The smallest absolute Gasteiger partial charge is 0.238 e. The van der Waals surface area contributed by atoms with Gasteiger partial charge in [-0.1, -0.05) is 237 Å². The van der Waals surface area contributed by atoms with E-state index in [-0.39, 0.29) is 0 Å². The Labute approximate surface area is 540 Å². The third kappa shape index (κ3) is 8.89. The van der Waals surface area contributed by atoms with Gasteiger partial charge in [0.1, 0.15) is 0 Å².